The van der Waals surface area contributed by atoms with Crippen LogP contribution in [-0.4, -0.2) is 29.9 Å². The van der Waals surface area contributed by atoms with E-state index in [-0.39, 0.29) is 22.8 Å². The number of anilines is 1. The maximum atomic E-state index is 11.6. The van der Waals surface area contributed by atoms with Crippen LogP contribution in [-0.2, 0) is 0 Å². The second-order valence-corrected chi connectivity index (χ2v) is 3.47. The third-order valence-corrected chi connectivity index (χ3v) is 1.94. The number of nitro groups is 1. The summed E-state index contributed by atoms with van der Waals surface area (Å²) in [6.45, 7) is 0. The number of hydrogen-bond acceptors (Lipinski definition) is 6. The minimum absolute atomic E-state index is 0.0846. The molecule has 0 aliphatic carbocycles. The van der Waals surface area contributed by atoms with Crippen molar-refractivity contribution in [2.75, 3.05) is 19.5 Å². The van der Waals surface area contributed by atoms with Crippen molar-refractivity contribution in [2.45, 2.75) is 0 Å². The van der Waals surface area contributed by atoms with E-state index in [1.807, 2.05) is 0 Å². The van der Waals surface area contributed by atoms with Gasteiger partial charge in [-0.15, -0.1) is 0 Å². The fourth-order valence-corrected chi connectivity index (χ4v) is 1.22. The Morgan fingerprint density at radius 2 is 2.12 bits per heavy atom. The number of nitrogens with zero attached hydrogens (tertiary/aromatic N) is 2. The zero-order chi connectivity index (χ0) is 13.0. The molecule has 0 unspecified atom stereocenters. The fraction of sp³-hybridized carbons (Fsp3) is 0.222. The SMILES string of the molecule is CN(C)NC(=O)c1ccc([N+](=O)[O-])c(NN)c1. The number of benzene rings is 1. The first kappa shape index (κ1) is 12.9. The lowest BCUT2D eigenvalue weighted by Crippen LogP contribution is -2.36. The number of hydrazine groups is 2. The van der Waals surface area contributed by atoms with Gasteiger partial charge in [0.1, 0.15) is 5.69 Å². The summed E-state index contributed by atoms with van der Waals surface area (Å²) in [5.41, 5.74) is 4.88. The van der Waals surface area contributed by atoms with Crippen LogP contribution in [0.15, 0.2) is 18.2 Å². The molecule has 1 amide bonds. The van der Waals surface area contributed by atoms with E-state index >= 15 is 0 Å². The summed E-state index contributed by atoms with van der Waals surface area (Å²) in [5.74, 6) is 4.79. The van der Waals surface area contributed by atoms with E-state index in [0.717, 1.165) is 0 Å². The van der Waals surface area contributed by atoms with Gasteiger partial charge in [0.2, 0.25) is 0 Å². The highest BCUT2D eigenvalue weighted by Gasteiger charge is 2.16. The van der Waals surface area contributed by atoms with Gasteiger partial charge in [-0.05, 0) is 12.1 Å². The first-order valence-electron chi connectivity index (χ1n) is 4.69. The van der Waals surface area contributed by atoms with E-state index in [2.05, 4.69) is 10.9 Å². The first-order chi connectivity index (χ1) is 7.95. The Hall–Kier alpha value is -2.19. The van der Waals surface area contributed by atoms with Gasteiger partial charge < -0.3 is 5.43 Å². The van der Waals surface area contributed by atoms with Crippen LogP contribution < -0.4 is 16.7 Å². The number of nitrogens with two attached hydrogens (primary N) is 1. The first-order valence-corrected chi connectivity index (χ1v) is 4.69. The van der Waals surface area contributed by atoms with Gasteiger partial charge in [0.25, 0.3) is 11.6 Å². The van der Waals surface area contributed by atoms with Crippen molar-refractivity contribution in [3.05, 3.63) is 33.9 Å². The second kappa shape index (κ2) is 5.23. The van der Waals surface area contributed by atoms with E-state index in [0.29, 0.717) is 0 Å². The van der Waals surface area contributed by atoms with E-state index in [4.69, 9.17) is 5.84 Å². The zero-order valence-corrected chi connectivity index (χ0v) is 9.43. The number of nitrogen functional groups attached to an aromatic ring is 1. The maximum Gasteiger partial charge on any atom is 0.293 e. The van der Waals surface area contributed by atoms with Gasteiger partial charge in [-0.3, -0.25) is 26.2 Å². The van der Waals surface area contributed by atoms with Crippen molar-refractivity contribution in [3.63, 3.8) is 0 Å². The fourth-order valence-electron chi connectivity index (χ4n) is 1.22. The van der Waals surface area contributed by atoms with E-state index < -0.39 is 4.92 Å². The smallest absolute Gasteiger partial charge is 0.293 e. The molecule has 0 atom stereocenters. The molecule has 0 aliphatic heterocycles. The molecule has 0 heterocycles. The van der Waals surface area contributed by atoms with E-state index in [1.165, 1.54) is 23.2 Å². The summed E-state index contributed by atoms with van der Waals surface area (Å²) in [6, 6.07) is 3.90. The van der Waals surface area contributed by atoms with Gasteiger partial charge in [-0.25, -0.2) is 5.01 Å². The molecule has 1 aromatic rings. The van der Waals surface area contributed by atoms with E-state index in [9.17, 15) is 14.9 Å². The van der Waals surface area contributed by atoms with Crippen molar-refractivity contribution >= 4 is 17.3 Å². The molecule has 0 bridgehead atoms. The summed E-state index contributed by atoms with van der Waals surface area (Å²) in [5, 5.41) is 12.1. The molecule has 0 aromatic heterocycles. The molecule has 0 spiro atoms. The highest BCUT2D eigenvalue weighted by Crippen LogP contribution is 2.24. The van der Waals surface area contributed by atoms with Gasteiger partial charge in [-0.1, -0.05) is 0 Å². The molecule has 0 fully saturated rings. The van der Waals surface area contributed by atoms with Gasteiger partial charge in [0.05, 0.1) is 4.92 Å². The molecule has 1 aromatic carbocycles. The number of hydrogen-bond donors (Lipinski definition) is 3. The summed E-state index contributed by atoms with van der Waals surface area (Å²) < 4.78 is 0. The van der Waals surface area contributed by atoms with Crippen molar-refractivity contribution in [1.82, 2.24) is 10.4 Å². The lowest BCUT2D eigenvalue weighted by atomic mass is 10.1. The third kappa shape index (κ3) is 3.13. The van der Waals surface area contributed by atoms with Crippen LogP contribution in [0.3, 0.4) is 0 Å². The molecule has 0 aliphatic rings. The Kier molecular flexibility index (Phi) is 3.96. The average molecular weight is 239 g/mol. The molecule has 0 radical (unpaired) electrons. The van der Waals surface area contributed by atoms with Crippen molar-refractivity contribution in [2.24, 2.45) is 5.84 Å². The van der Waals surface area contributed by atoms with Crippen LogP contribution >= 0.6 is 0 Å². The maximum absolute atomic E-state index is 11.6. The van der Waals surface area contributed by atoms with Crippen LogP contribution in [0.1, 0.15) is 10.4 Å². The molecule has 0 saturated carbocycles. The Balaban J connectivity index is 3.05. The van der Waals surface area contributed by atoms with E-state index in [1.54, 1.807) is 14.1 Å². The standard InChI is InChI=1S/C9H13N5O3/c1-13(2)12-9(15)6-3-4-8(14(16)17)7(5-6)11-10/h3-5,11H,10H2,1-2H3,(H,12,15). The quantitative estimate of drug-likeness (QED) is 0.389. The molecule has 1 rings (SSSR count). The Morgan fingerprint density at radius 3 is 2.59 bits per heavy atom. The Labute approximate surface area is 97.5 Å². The van der Waals surface area contributed by atoms with Crippen LogP contribution in [0.4, 0.5) is 11.4 Å². The predicted octanol–water partition coefficient (Wildman–Crippen LogP) is 0.0868. The minimum atomic E-state index is -0.581. The van der Waals surface area contributed by atoms with Crippen LogP contribution in [0.2, 0.25) is 0 Å². The summed E-state index contributed by atoms with van der Waals surface area (Å²) >= 11 is 0. The molecule has 17 heavy (non-hydrogen) atoms. The van der Waals surface area contributed by atoms with Gasteiger partial charge >= 0.3 is 0 Å². The molecule has 92 valence electrons. The summed E-state index contributed by atoms with van der Waals surface area (Å²) in [7, 11) is 3.32. The number of rotatable bonds is 4. The van der Waals surface area contributed by atoms with Crippen molar-refractivity contribution in [1.29, 1.82) is 0 Å². The highest BCUT2D eigenvalue weighted by atomic mass is 16.6. The predicted molar refractivity (Wildman–Crippen MR) is 62.1 cm³/mol. The summed E-state index contributed by atoms with van der Waals surface area (Å²) in [6.07, 6.45) is 0. The second-order valence-electron chi connectivity index (χ2n) is 3.47. The third-order valence-electron chi connectivity index (χ3n) is 1.94. The highest BCUT2D eigenvalue weighted by molar-refractivity contribution is 5.95. The van der Waals surface area contributed by atoms with Crippen molar-refractivity contribution < 1.29 is 9.72 Å². The van der Waals surface area contributed by atoms with Gasteiger partial charge in [-0.2, -0.15) is 0 Å². The number of nitro benzene ring substituents is 1. The molecule has 4 N–H and O–H groups in total. The average Bonchev–Trinajstić information content (AvgIpc) is 2.27. The van der Waals surface area contributed by atoms with Crippen LogP contribution in [0, 0.1) is 10.1 Å². The molecule has 8 heteroatoms. The monoisotopic (exact) mass is 239 g/mol. The Morgan fingerprint density at radius 1 is 1.47 bits per heavy atom. The topological polar surface area (TPSA) is 114 Å². The molecule has 8 nitrogen and oxygen atoms in total. The van der Waals surface area contributed by atoms with Gasteiger partial charge in [0.15, 0.2) is 0 Å². The van der Waals surface area contributed by atoms with Gasteiger partial charge in [0, 0.05) is 25.7 Å². The number of nitrogens with one attached hydrogen (secondary N) is 2. The molecular weight excluding hydrogens is 226 g/mol. The lowest BCUT2D eigenvalue weighted by molar-refractivity contribution is -0.384. The summed E-state index contributed by atoms with van der Waals surface area (Å²) in [4.78, 5) is 21.7. The normalized spacial score (nSPS) is 10.1. The van der Waals surface area contributed by atoms with Crippen LogP contribution in [0.25, 0.3) is 0 Å². The molecule has 0 saturated heterocycles. The lowest BCUT2D eigenvalue weighted by Gasteiger charge is -2.12. The molecular formula is C9H13N5O3. The Bertz CT molecular complexity index is 446. The van der Waals surface area contributed by atoms with Crippen LogP contribution in [0.5, 0.6) is 0 Å². The number of carbonyl (C=O) groups excluding carboxylic acids is 1. The minimum Gasteiger partial charge on any atom is -0.318 e. The number of amides is 1. The van der Waals surface area contributed by atoms with Crippen molar-refractivity contribution in [3.8, 4) is 0 Å². The largest absolute Gasteiger partial charge is 0.318 e. The zero-order valence-electron chi connectivity index (χ0n) is 9.43. The number of carbonyl (C=O) groups is 1.